The number of rotatable bonds is 7. The number of benzene rings is 1. The third-order valence-corrected chi connectivity index (χ3v) is 2.92. The molecule has 1 heterocycles. The molecule has 0 amide bonds. The normalized spacial score (nSPS) is 10.6. The molecule has 5 heteroatoms. The van der Waals surface area contributed by atoms with Crippen molar-refractivity contribution in [1.82, 2.24) is 10.3 Å². The quantitative estimate of drug-likeness (QED) is 0.788. The standard InChI is InChI=1S/C15H20N2O3/c1-4-7-16-10-15-17-9-14(20-15)11-5-6-12(18-2)13(8-11)19-3/h5-6,8-9,16H,4,7,10H2,1-3H3. The molecule has 0 fully saturated rings. The Labute approximate surface area is 118 Å². The van der Waals surface area contributed by atoms with Crippen LogP contribution in [0.2, 0.25) is 0 Å². The van der Waals surface area contributed by atoms with Crippen LogP contribution in [0.1, 0.15) is 19.2 Å². The third kappa shape index (κ3) is 3.30. The van der Waals surface area contributed by atoms with Crippen molar-refractivity contribution >= 4 is 0 Å². The average Bonchev–Trinajstić information content (AvgIpc) is 2.95. The Balaban J connectivity index is 2.15. The van der Waals surface area contributed by atoms with Gasteiger partial charge in [0.05, 0.1) is 27.0 Å². The van der Waals surface area contributed by atoms with E-state index in [0.717, 1.165) is 24.3 Å². The summed E-state index contributed by atoms with van der Waals surface area (Å²) in [6.45, 7) is 3.72. The molecule has 0 aliphatic heterocycles. The van der Waals surface area contributed by atoms with E-state index >= 15 is 0 Å². The van der Waals surface area contributed by atoms with Gasteiger partial charge in [0, 0.05) is 5.56 Å². The van der Waals surface area contributed by atoms with E-state index in [1.54, 1.807) is 20.4 Å². The minimum absolute atomic E-state index is 0.640. The fourth-order valence-electron chi connectivity index (χ4n) is 1.89. The Hall–Kier alpha value is -2.01. The third-order valence-electron chi connectivity index (χ3n) is 2.92. The van der Waals surface area contributed by atoms with Crippen molar-refractivity contribution in [3.63, 3.8) is 0 Å². The average molecular weight is 276 g/mol. The lowest BCUT2D eigenvalue weighted by atomic mass is 10.1. The monoisotopic (exact) mass is 276 g/mol. The lowest BCUT2D eigenvalue weighted by Crippen LogP contribution is -2.13. The van der Waals surface area contributed by atoms with E-state index in [1.165, 1.54) is 0 Å². The van der Waals surface area contributed by atoms with Gasteiger partial charge in [-0.1, -0.05) is 6.92 Å². The number of hydrogen-bond acceptors (Lipinski definition) is 5. The van der Waals surface area contributed by atoms with E-state index in [4.69, 9.17) is 13.9 Å². The zero-order chi connectivity index (χ0) is 14.4. The number of ether oxygens (including phenoxy) is 2. The molecule has 1 aromatic carbocycles. The lowest BCUT2D eigenvalue weighted by molar-refractivity contribution is 0.355. The molecule has 1 N–H and O–H groups in total. The van der Waals surface area contributed by atoms with Crippen LogP contribution in [0.3, 0.4) is 0 Å². The SMILES string of the molecule is CCCNCc1ncc(-c2ccc(OC)c(OC)c2)o1. The molecular formula is C15H20N2O3. The first-order valence-electron chi connectivity index (χ1n) is 6.66. The minimum Gasteiger partial charge on any atom is -0.493 e. The van der Waals surface area contributed by atoms with Gasteiger partial charge in [-0.05, 0) is 31.2 Å². The van der Waals surface area contributed by atoms with Gasteiger partial charge in [0.15, 0.2) is 17.3 Å². The summed E-state index contributed by atoms with van der Waals surface area (Å²) in [7, 11) is 3.23. The maximum Gasteiger partial charge on any atom is 0.208 e. The summed E-state index contributed by atoms with van der Waals surface area (Å²) in [4.78, 5) is 4.26. The van der Waals surface area contributed by atoms with Gasteiger partial charge in [-0.25, -0.2) is 4.98 Å². The smallest absolute Gasteiger partial charge is 0.208 e. The number of methoxy groups -OCH3 is 2. The van der Waals surface area contributed by atoms with Crippen LogP contribution < -0.4 is 14.8 Å². The fraction of sp³-hybridized carbons (Fsp3) is 0.400. The minimum atomic E-state index is 0.640. The van der Waals surface area contributed by atoms with Gasteiger partial charge in [-0.3, -0.25) is 0 Å². The molecule has 20 heavy (non-hydrogen) atoms. The Morgan fingerprint density at radius 2 is 2.00 bits per heavy atom. The van der Waals surface area contributed by atoms with Crippen molar-refractivity contribution in [3.05, 3.63) is 30.3 Å². The van der Waals surface area contributed by atoms with Crippen LogP contribution in [-0.2, 0) is 6.54 Å². The van der Waals surface area contributed by atoms with Crippen molar-refractivity contribution < 1.29 is 13.9 Å². The molecule has 2 aromatic rings. The predicted molar refractivity (Wildman–Crippen MR) is 77.0 cm³/mol. The van der Waals surface area contributed by atoms with E-state index < -0.39 is 0 Å². The predicted octanol–water partition coefficient (Wildman–Crippen LogP) is 2.86. The molecule has 0 saturated carbocycles. The van der Waals surface area contributed by atoms with E-state index in [2.05, 4.69) is 17.2 Å². The molecule has 108 valence electrons. The summed E-state index contributed by atoms with van der Waals surface area (Å²) in [5.41, 5.74) is 0.914. The molecule has 0 aliphatic rings. The summed E-state index contributed by atoms with van der Waals surface area (Å²) in [5, 5.41) is 3.26. The second-order valence-corrected chi connectivity index (χ2v) is 4.36. The summed E-state index contributed by atoms with van der Waals surface area (Å²) in [6, 6.07) is 5.65. The van der Waals surface area contributed by atoms with E-state index in [-0.39, 0.29) is 0 Å². The number of aromatic nitrogens is 1. The van der Waals surface area contributed by atoms with Gasteiger partial charge >= 0.3 is 0 Å². The highest BCUT2D eigenvalue weighted by Crippen LogP contribution is 2.32. The summed E-state index contributed by atoms with van der Waals surface area (Å²) in [5.74, 6) is 2.77. The maximum atomic E-state index is 5.72. The van der Waals surface area contributed by atoms with Crippen LogP contribution in [0, 0.1) is 0 Å². The van der Waals surface area contributed by atoms with Gasteiger partial charge in [0.2, 0.25) is 5.89 Å². The Morgan fingerprint density at radius 1 is 1.20 bits per heavy atom. The van der Waals surface area contributed by atoms with E-state index in [9.17, 15) is 0 Å². The van der Waals surface area contributed by atoms with Crippen molar-refractivity contribution in [1.29, 1.82) is 0 Å². The lowest BCUT2D eigenvalue weighted by Gasteiger charge is -2.08. The van der Waals surface area contributed by atoms with Crippen LogP contribution >= 0.6 is 0 Å². The molecule has 0 radical (unpaired) electrons. The highest BCUT2D eigenvalue weighted by molar-refractivity contribution is 5.62. The molecule has 1 aromatic heterocycles. The van der Waals surface area contributed by atoms with Crippen LogP contribution in [0.15, 0.2) is 28.8 Å². The second-order valence-electron chi connectivity index (χ2n) is 4.36. The molecule has 0 spiro atoms. The van der Waals surface area contributed by atoms with Crippen LogP contribution in [0.5, 0.6) is 11.5 Å². The fourth-order valence-corrected chi connectivity index (χ4v) is 1.89. The summed E-state index contributed by atoms with van der Waals surface area (Å²) < 4.78 is 16.2. The molecule has 0 saturated heterocycles. The molecule has 0 atom stereocenters. The highest BCUT2D eigenvalue weighted by atomic mass is 16.5. The molecule has 0 unspecified atom stereocenters. The summed E-state index contributed by atoms with van der Waals surface area (Å²) in [6.07, 6.45) is 2.81. The number of oxazole rings is 1. The molecule has 5 nitrogen and oxygen atoms in total. The van der Waals surface area contributed by atoms with Crippen molar-refractivity contribution in [2.45, 2.75) is 19.9 Å². The second kappa shape index (κ2) is 6.96. The van der Waals surface area contributed by atoms with Gasteiger partial charge in [0.1, 0.15) is 0 Å². The molecule has 0 bridgehead atoms. The van der Waals surface area contributed by atoms with Gasteiger partial charge in [0.25, 0.3) is 0 Å². The van der Waals surface area contributed by atoms with Crippen molar-refractivity contribution in [2.75, 3.05) is 20.8 Å². The molecular weight excluding hydrogens is 256 g/mol. The number of nitrogens with one attached hydrogen (secondary N) is 1. The first kappa shape index (κ1) is 14.4. The molecule has 0 aliphatic carbocycles. The van der Waals surface area contributed by atoms with Crippen LogP contribution in [0.4, 0.5) is 0 Å². The Bertz CT molecular complexity index is 552. The van der Waals surface area contributed by atoms with Crippen molar-refractivity contribution in [3.8, 4) is 22.8 Å². The van der Waals surface area contributed by atoms with E-state index in [1.807, 2.05) is 18.2 Å². The number of hydrogen-bond donors (Lipinski definition) is 1. The topological polar surface area (TPSA) is 56.5 Å². The zero-order valence-electron chi connectivity index (χ0n) is 12.1. The van der Waals surface area contributed by atoms with Gasteiger partial charge < -0.3 is 19.2 Å². The van der Waals surface area contributed by atoms with Crippen molar-refractivity contribution in [2.24, 2.45) is 0 Å². The maximum absolute atomic E-state index is 5.72. The molecule has 2 rings (SSSR count). The summed E-state index contributed by atoms with van der Waals surface area (Å²) >= 11 is 0. The van der Waals surface area contributed by atoms with Gasteiger partial charge in [-0.2, -0.15) is 0 Å². The number of nitrogens with zero attached hydrogens (tertiary/aromatic N) is 1. The zero-order valence-corrected chi connectivity index (χ0v) is 12.1. The first-order valence-corrected chi connectivity index (χ1v) is 6.66. The van der Waals surface area contributed by atoms with Crippen LogP contribution in [-0.4, -0.2) is 25.7 Å². The Morgan fingerprint density at radius 3 is 2.70 bits per heavy atom. The van der Waals surface area contributed by atoms with E-state index in [0.29, 0.717) is 23.9 Å². The highest BCUT2D eigenvalue weighted by Gasteiger charge is 2.10. The first-order chi connectivity index (χ1) is 9.78. The van der Waals surface area contributed by atoms with Gasteiger partial charge in [-0.15, -0.1) is 0 Å². The largest absolute Gasteiger partial charge is 0.493 e. The van der Waals surface area contributed by atoms with Crippen LogP contribution in [0.25, 0.3) is 11.3 Å². The Kier molecular flexibility index (Phi) is 5.01.